The summed E-state index contributed by atoms with van der Waals surface area (Å²) in [6, 6.07) is 6.30. The summed E-state index contributed by atoms with van der Waals surface area (Å²) in [7, 11) is -2.06. The number of hydrogen-bond acceptors (Lipinski definition) is 4. The van der Waals surface area contributed by atoms with Crippen molar-refractivity contribution in [1.29, 1.82) is 0 Å². The maximum absolute atomic E-state index is 12.0. The molecule has 0 unspecified atom stereocenters. The number of imidazole rings is 1. The van der Waals surface area contributed by atoms with Gasteiger partial charge in [0.05, 0.1) is 24.9 Å². The van der Waals surface area contributed by atoms with Crippen molar-refractivity contribution in [3.8, 4) is 5.75 Å². The van der Waals surface area contributed by atoms with Crippen molar-refractivity contribution in [2.45, 2.75) is 11.4 Å². The lowest BCUT2D eigenvalue weighted by Crippen LogP contribution is -2.23. The lowest BCUT2D eigenvalue weighted by molar-refractivity contribution is 0.413. The highest BCUT2D eigenvalue weighted by Gasteiger charge is 2.14. The minimum atomic E-state index is -3.55. The molecule has 96 valence electrons. The summed E-state index contributed by atoms with van der Waals surface area (Å²) < 4.78 is 31.5. The first kappa shape index (κ1) is 12.6. The van der Waals surface area contributed by atoms with Gasteiger partial charge in [-0.15, -0.1) is 0 Å². The first-order valence-corrected chi connectivity index (χ1v) is 6.71. The van der Waals surface area contributed by atoms with Crippen LogP contribution in [0.2, 0.25) is 0 Å². The maximum Gasteiger partial charge on any atom is 0.241 e. The number of aromatic nitrogens is 2. The van der Waals surface area contributed by atoms with Gasteiger partial charge < -0.3 is 9.72 Å². The zero-order valence-electron chi connectivity index (χ0n) is 9.75. The number of rotatable bonds is 5. The third-order valence-corrected chi connectivity index (χ3v) is 3.76. The van der Waals surface area contributed by atoms with Crippen LogP contribution in [0.1, 0.15) is 5.69 Å². The van der Waals surface area contributed by atoms with Crippen molar-refractivity contribution >= 4 is 10.0 Å². The lowest BCUT2D eigenvalue weighted by atomic mass is 10.3. The highest BCUT2D eigenvalue weighted by Crippen LogP contribution is 2.16. The van der Waals surface area contributed by atoms with Gasteiger partial charge in [-0.25, -0.2) is 18.1 Å². The number of aromatic amines is 1. The summed E-state index contributed by atoms with van der Waals surface area (Å²) in [5.74, 6) is 0.499. The summed E-state index contributed by atoms with van der Waals surface area (Å²) in [6.45, 7) is 0.166. The fourth-order valence-corrected chi connectivity index (χ4v) is 2.45. The smallest absolute Gasteiger partial charge is 0.241 e. The molecule has 2 rings (SSSR count). The van der Waals surface area contributed by atoms with Crippen molar-refractivity contribution in [1.82, 2.24) is 14.7 Å². The Hall–Kier alpha value is -1.86. The first-order valence-electron chi connectivity index (χ1n) is 5.23. The molecule has 1 heterocycles. The number of nitrogens with one attached hydrogen (secondary N) is 2. The van der Waals surface area contributed by atoms with Crippen LogP contribution in [0.15, 0.2) is 41.7 Å². The second-order valence-electron chi connectivity index (χ2n) is 3.58. The molecular weight excluding hydrogens is 254 g/mol. The highest BCUT2D eigenvalue weighted by atomic mass is 32.2. The van der Waals surface area contributed by atoms with E-state index < -0.39 is 10.0 Å². The predicted octanol–water partition coefficient (Wildman–Crippen LogP) is 0.897. The van der Waals surface area contributed by atoms with Gasteiger partial charge in [0.2, 0.25) is 10.0 Å². The van der Waals surface area contributed by atoms with Crippen molar-refractivity contribution in [3.05, 3.63) is 42.5 Å². The zero-order valence-corrected chi connectivity index (χ0v) is 10.6. The van der Waals surface area contributed by atoms with Crippen LogP contribution in [0.5, 0.6) is 5.75 Å². The molecule has 0 aliphatic heterocycles. The Bertz CT molecular complexity index is 608. The highest BCUT2D eigenvalue weighted by molar-refractivity contribution is 7.89. The average molecular weight is 267 g/mol. The second kappa shape index (κ2) is 5.19. The van der Waals surface area contributed by atoms with Crippen molar-refractivity contribution < 1.29 is 13.2 Å². The van der Waals surface area contributed by atoms with Crippen LogP contribution in [-0.2, 0) is 16.6 Å². The van der Waals surface area contributed by atoms with Gasteiger partial charge in [0.15, 0.2) is 0 Å². The number of benzene rings is 1. The third-order valence-electron chi connectivity index (χ3n) is 2.36. The largest absolute Gasteiger partial charge is 0.497 e. The fraction of sp³-hybridized carbons (Fsp3) is 0.182. The third kappa shape index (κ3) is 2.88. The number of H-pyrrole nitrogens is 1. The number of hydrogen-bond donors (Lipinski definition) is 2. The van der Waals surface area contributed by atoms with Crippen LogP contribution >= 0.6 is 0 Å². The maximum atomic E-state index is 12.0. The molecule has 0 fully saturated rings. The average Bonchev–Trinajstić information content (AvgIpc) is 2.90. The number of sulfonamides is 1. The molecule has 0 aliphatic rings. The molecule has 0 saturated carbocycles. The topological polar surface area (TPSA) is 84.1 Å². The van der Waals surface area contributed by atoms with Crippen molar-refractivity contribution in [2.75, 3.05) is 7.11 Å². The van der Waals surface area contributed by atoms with Gasteiger partial charge in [-0.05, 0) is 12.1 Å². The molecule has 1 aromatic heterocycles. The monoisotopic (exact) mass is 267 g/mol. The molecule has 2 aromatic rings. The van der Waals surface area contributed by atoms with Gasteiger partial charge >= 0.3 is 0 Å². The van der Waals surface area contributed by atoms with Gasteiger partial charge in [-0.2, -0.15) is 0 Å². The van der Waals surface area contributed by atoms with Crippen molar-refractivity contribution in [3.63, 3.8) is 0 Å². The molecule has 0 amide bonds. The van der Waals surface area contributed by atoms with Crippen LogP contribution in [0.3, 0.4) is 0 Å². The molecule has 1 aromatic carbocycles. The Morgan fingerprint density at radius 3 is 2.94 bits per heavy atom. The summed E-state index contributed by atoms with van der Waals surface area (Å²) in [5.41, 5.74) is 0.696. The Kier molecular flexibility index (Phi) is 3.63. The van der Waals surface area contributed by atoms with Gasteiger partial charge in [-0.1, -0.05) is 6.07 Å². The minimum Gasteiger partial charge on any atom is -0.497 e. The lowest BCUT2D eigenvalue weighted by Gasteiger charge is -2.07. The van der Waals surface area contributed by atoms with Crippen molar-refractivity contribution in [2.24, 2.45) is 0 Å². The van der Waals surface area contributed by atoms with Crippen LogP contribution < -0.4 is 9.46 Å². The number of methoxy groups -OCH3 is 1. The van der Waals surface area contributed by atoms with Gasteiger partial charge in [-0.3, -0.25) is 0 Å². The van der Waals surface area contributed by atoms with E-state index in [0.717, 1.165) is 0 Å². The summed E-state index contributed by atoms with van der Waals surface area (Å²) in [5, 5.41) is 0. The molecular formula is C11H13N3O3S. The van der Waals surface area contributed by atoms with Crippen LogP contribution in [-0.4, -0.2) is 25.5 Å². The molecule has 0 aliphatic carbocycles. The summed E-state index contributed by atoms with van der Waals surface area (Å²) >= 11 is 0. The second-order valence-corrected chi connectivity index (χ2v) is 5.35. The Morgan fingerprint density at radius 2 is 2.28 bits per heavy atom. The minimum absolute atomic E-state index is 0.166. The van der Waals surface area contributed by atoms with Crippen LogP contribution in [0.25, 0.3) is 0 Å². The quantitative estimate of drug-likeness (QED) is 0.843. The van der Waals surface area contributed by atoms with E-state index in [-0.39, 0.29) is 11.4 Å². The van der Waals surface area contributed by atoms with E-state index in [4.69, 9.17) is 4.74 Å². The van der Waals surface area contributed by atoms with E-state index in [1.807, 2.05) is 0 Å². The molecule has 0 atom stereocenters. The van der Waals surface area contributed by atoms with Crippen LogP contribution in [0.4, 0.5) is 0 Å². The Labute approximate surface area is 105 Å². The molecule has 18 heavy (non-hydrogen) atoms. The molecule has 0 spiro atoms. The number of ether oxygens (including phenoxy) is 1. The standard InChI is InChI=1S/C11H13N3O3S/c1-17-10-3-2-4-11(5-10)18(15,16)14-7-9-6-12-8-13-9/h2-6,8,14H,7H2,1H3,(H,12,13). The molecule has 0 bridgehead atoms. The summed E-state index contributed by atoms with van der Waals surface area (Å²) in [4.78, 5) is 6.80. The van der Waals surface area contributed by atoms with Gasteiger partial charge in [0, 0.05) is 18.0 Å². The normalized spacial score (nSPS) is 11.4. The number of nitrogens with zero attached hydrogens (tertiary/aromatic N) is 1. The van der Waals surface area contributed by atoms with Gasteiger partial charge in [0.25, 0.3) is 0 Å². The fourth-order valence-electron chi connectivity index (χ4n) is 1.41. The van der Waals surface area contributed by atoms with E-state index in [1.54, 1.807) is 18.3 Å². The SMILES string of the molecule is COc1cccc(S(=O)(=O)NCc2cnc[nH]2)c1. The van der Waals surface area contributed by atoms with Gasteiger partial charge in [0.1, 0.15) is 5.75 Å². The van der Waals surface area contributed by atoms with E-state index in [9.17, 15) is 8.42 Å². The Morgan fingerprint density at radius 1 is 1.44 bits per heavy atom. The predicted molar refractivity (Wildman–Crippen MR) is 65.6 cm³/mol. The summed E-state index contributed by atoms with van der Waals surface area (Å²) in [6.07, 6.45) is 3.06. The van der Waals surface area contributed by atoms with E-state index in [2.05, 4.69) is 14.7 Å². The van der Waals surface area contributed by atoms with E-state index in [0.29, 0.717) is 11.4 Å². The van der Waals surface area contributed by atoms with Crippen LogP contribution in [0, 0.1) is 0 Å². The molecule has 0 radical (unpaired) electrons. The Balaban J connectivity index is 2.14. The molecule has 0 saturated heterocycles. The molecule has 2 N–H and O–H groups in total. The zero-order chi connectivity index (χ0) is 13.0. The van der Waals surface area contributed by atoms with E-state index >= 15 is 0 Å². The van der Waals surface area contributed by atoms with E-state index in [1.165, 1.54) is 25.6 Å². The first-order chi connectivity index (χ1) is 8.62. The molecule has 7 heteroatoms. The molecule has 6 nitrogen and oxygen atoms in total.